The van der Waals surface area contributed by atoms with Crippen molar-refractivity contribution in [3.63, 3.8) is 0 Å². The number of thiazole rings is 1. The lowest BCUT2D eigenvalue weighted by Crippen LogP contribution is -2.39. The Labute approximate surface area is 294 Å². The minimum atomic E-state index is -0.553. The van der Waals surface area contributed by atoms with Crippen molar-refractivity contribution in [2.24, 2.45) is 17.8 Å². The summed E-state index contributed by atoms with van der Waals surface area (Å²) in [5, 5.41) is 0.946. The highest BCUT2D eigenvalue weighted by molar-refractivity contribution is 9.10. The molecule has 2 amide bonds. The molecule has 4 heterocycles. The Balaban J connectivity index is 1.10. The van der Waals surface area contributed by atoms with Crippen molar-refractivity contribution >= 4 is 66.8 Å². The van der Waals surface area contributed by atoms with Crippen LogP contribution in [0.2, 0.25) is 0 Å². The number of amides is 2. The molecule has 254 valence electrons. The molecular formula is C36H46BrN3O5S2. The van der Waals surface area contributed by atoms with Gasteiger partial charge < -0.3 is 19.3 Å². The summed E-state index contributed by atoms with van der Waals surface area (Å²) in [7, 11) is 0. The van der Waals surface area contributed by atoms with E-state index >= 15 is 0 Å². The molecule has 0 bridgehead atoms. The van der Waals surface area contributed by atoms with Crippen LogP contribution in [0.3, 0.4) is 0 Å². The highest BCUT2D eigenvalue weighted by Gasteiger charge is 2.43. The van der Waals surface area contributed by atoms with Crippen LogP contribution < -0.4 is 0 Å². The number of halogens is 1. The molecule has 2 fully saturated rings. The molecular weight excluding hydrogens is 698 g/mol. The zero-order chi connectivity index (χ0) is 33.7. The lowest BCUT2D eigenvalue weighted by molar-refractivity contribution is -0.118. The topological polar surface area (TPSA) is 89.0 Å². The van der Waals surface area contributed by atoms with Crippen molar-refractivity contribution in [1.82, 2.24) is 14.8 Å². The van der Waals surface area contributed by atoms with Gasteiger partial charge in [0.05, 0.1) is 16.8 Å². The maximum absolute atomic E-state index is 13.5. The fraction of sp³-hybridized carbons (Fsp3) is 0.611. The minimum absolute atomic E-state index is 0.195. The Morgan fingerprint density at radius 1 is 0.957 bits per heavy atom. The molecule has 8 nitrogen and oxygen atoms in total. The Bertz CT molecular complexity index is 1650. The number of rotatable bonds is 7. The standard InChI is InChI=1S/C36H46BrN3O5S2/c1-35(2,3)44-33(42)39-13-12-26-30(20-39)46-29(31(26)32-38-27-16-24(37)10-11-28(27)47-32)17-25(41)9-7-8-21-14-22-18-40(19-23(22)15-21)34(43)45-36(4,5)6/h10-11,16,21-23H,7-9,12-15,17-20H2,1-6H3/t21?,22-,23+. The lowest BCUT2D eigenvalue weighted by atomic mass is 9.96. The smallest absolute Gasteiger partial charge is 0.410 e. The van der Waals surface area contributed by atoms with E-state index < -0.39 is 11.2 Å². The maximum atomic E-state index is 13.5. The number of hydrogen-bond acceptors (Lipinski definition) is 8. The number of ketones is 1. The van der Waals surface area contributed by atoms with E-state index in [9.17, 15) is 14.4 Å². The average Bonchev–Trinajstić information content (AvgIpc) is 3.71. The van der Waals surface area contributed by atoms with Gasteiger partial charge in [-0.3, -0.25) is 4.79 Å². The van der Waals surface area contributed by atoms with Crippen LogP contribution in [0.1, 0.15) is 89.0 Å². The van der Waals surface area contributed by atoms with Gasteiger partial charge >= 0.3 is 12.2 Å². The largest absolute Gasteiger partial charge is 0.444 e. The van der Waals surface area contributed by atoms with Crippen molar-refractivity contribution in [1.29, 1.82) is 0 Å². The summed E-state index contributed by atoms with van der Waals surface area (Å²) in [5.41, 5.74) is 2.23. The Morgan fingerprint density at radius 3 is 2.28 bits per heavy atom. The number of thiophene rings is 1. The first kappa shape index (κ1) is 34.4. The van der Waals surface area contributed by atoms with Crippen molar-refractivity contribution in [3.8, 4) is 10.6 Å². The van der Waals surface area contributed by atoms with Crippen LogP contribution >= 0.6 is 38.6 Å². The van der Waals surface area contributed by atoms with Crippen molar-refractivity contribution in [3.05, 3.63) is 38.0 Å². The van der Waals surface area contributed by atoms with Gasteiger partial charge in [-0.1, -0.05) is 22.4 Å². The molecule has 0 radical (unpaired) electrons. The normalized spacial score (nSPS) is 21.2. The van der Waals surface area contributed by atoms with E-state index in [4.69, 9.17) is 14.5 Å². The summed E-state index contributed by atoms with van der Waals surface area (Å²) < 4.78 is 13.4. The lowest BCUT2D eigenvalue weighted by Gasteiger charge is -2.30. The number of nitrogens with zero attached hydrogens (tertiary/aromatic N) is 3. The monoisotopic (exact) mass is 743 g/mol. The number of hydrogen-bond donors (Lipinski definition) is 0. The highest BCUT2D eigenvalue weighted by atomic mass is 79.9. The number of fused-ring (bicyclic) bond motifs is 3. The Morgan fingerprint density at radius 2 is 1.62 bits per heavy atom. The second kappa shape index (κ2) is 13.4. The summed E-state index contributed by atoms with van der Waals surface area (Å²) in [6.07, 6.45) is 5.37. The van der Waals surface area contributed by atoms with E-state index in [1.807, 2.05) is 58.6 Å². The van der Waals surface area contributed by atoms with Crippen molar-refractivity contribution < 1.29 is 23.9 Å². The van der Waals surface area contributed by atoms with Gasteiger partial charge in [0.1, 0.15) is 22.0 Å². The molecule has 0 N–H and O–H groups in total. The first-order chi connectivity index (χ1) is 22.1. The number of carbonyl (C=O) groups excluding carboxylic acids is 3. The van der Waals surface area contributed by atoms with E-state index in [0.29, 0.717) is 50.1 Å². The number of benzene rings is 1. The molecule has 3 aliphatic rings. The molecule has 47 heavy (non-hydrogen) atoms. The molecule has 1 saturated heterocycles. The van der Waals surface area contributed by atoms with Gasteiger partial charge in [-0.05, 0) is 109 Å². The summed E-state index contributed by atoms with van der Waals surface area (Å²) >= 11 is 6.89. The van der Waals surface area contributed by atoms with Crippen LogP contribution in [0.15, 0.2) is 22.7 Å². The van der Waals surface area contributed by atoms with E-state index in [1.54, 1.807) is 27.6 Å². The molecule has 3 atom stereocenters. The van der Waals surface area contributed by atoms with Crippen molar-refractivity contribution in [2.45, 2.75) is 104 Å². The molecule has 1 saturated carbocycles. The van der Waals surface area contributed by atoms with E-state index in [1.165, 1.54) is 5.56 Å². The van der Waals surface area contributed by atoms with Crippen LogP contribution in [-0.4, -0.2) is 63.6 Å². The van der Waals surface area contributed by atoms with Gasteiger partial charge in [0.15, 0.2) is 0 Å². The Hall–Kier alpha value is -2.50. The molecule has 6 rings (SSSR count). The van der Waals surface area contributed by atoms with Crippen LogP contribution in [0.4, 0.5) is 9.59 Å². The number of ether oxygens (including phenoxy) is 2. The van der Waals surface area contributed by atoms with E-state index in [-0.39, 0.29) is 18.0 Å². The van der Waals surface area contributed by atoms with Crippen molar-refractivity contribution in [2.75, 3.05) is 19.6 Å². The predicted molar refractivity (Wildman–Crippen MR) is 191 cm³/mol. The maximum Gasteiger partial charge on any atom is 0.410 e. The second-order valence-corrected chi connectivity index (χ2v) is 18.6. The zero-order valence-electron chi connectivity index (χ0n) is 28.3. The first-order valence-corrected chi connectivity index (χ1v) is 19.2. The number of Topliss-reactive ketones (excluding diaryl/α,β-unsaturated/α-hetero) is 1. The minimum Gasteiger partial charge on any atom is -0.444 e. The van der Waals surface area contributed by atoms with Gasteiger partial charge in [0.25, 0.3) is 0 Å². The third kappa shape index (κ3) is 8.21. The molecule has 2 aliphatic heterocycles. The third-order valence-electron chi connectivity index (χ3n) is 9.27. The van der Waals surface area contributed by atoms with Crippen LogP contribution in [0.25, 0.3) is 20.8 Å². The van der Waals surface area contributed by atoms with E-state index in [2.05, 4.69) is 22.0 Å². The second-order valence-electron chi connectivity index (χ2n) is 15.4. The molecule has 2 aromatic heterocycles. The summed E-state index contributed by atoms with van der Waals surface area (Å²) in [4.78, 5) is 49.8. The van der Waals surface area contributed by atoms with Crippen LogP contribution in [0.5, 0.6) is 0 Å². The zero-order valence-corrected chi connectivity index (χ0v) is 31.5. The first-order valence-electron chi connectivity index (χ1n) is 16.8. The molecule has 3 aromatic rings. The Kier molecular flexibility index (Phi) is 9.82. The summed E-state index contributed by atoms with van der Waals surface area (Å²) in [5.74, 6) is 1.95. The number of aromatic nitrogens is 1. The molecule has 11 heteroatoms. The quantitative estimate of drug-likeness (QED) is 0.240. The van der Waals surface area contributed by atoms with Gasteiger partial charge in [-0.25, -0.2) is 14.6 Å². The molecule has 0 spiro atoms. The summed E-state index contributed by atoms with van der Waals surface area (Å²) in [6.45, 7) is 14.0. The number of likely N-dealkylation sites (tertiary alicyclic amines) is 1. The fourth-order valence-electron chi connectivity index (χ4n) is 7.31. The van der Waals surface area contributed by atoms with Gasteiger partial charge in [-0.2, -0.15) is 0 Å². The van der Waals surface area contributed by atoms with Crippen LogP contribution in [0, 0.1) is 17.8 Å². The summed E-state index contributed by atoms with van der Waals surface area (Å²) in [6, 6.07) is 6.15. The SMILES string of the molecule is CC(C)(C)OC(=O)N1CCc2c(sc(CC(=O)CCCC3C[C@@H]4CN(C(=O)OC(C)(C)C)C[C@@H]4C3)c2-c2nc3cc(Br)ccc3s2)C1. The molecule has 1 unspecified atom stereocenters. The fourth-order valence-corrected chi connectivity index (χ4v) is 10.2. The molecule has 1 aromatic carbocycles. The third-order valence-corrected chi connectivity index (χ3v) is 12.0. The van der Waals surface area contributed by atoms with Gasteiger partial charge in [-0.15, -0.1) is 22.7 Å². The van der Waals surface area contributed by atoms with E-state index in [0.717, 1.165) is 73.8 Å². The van der Waals surface area contributed by atoms with Gasteiger partial charge in [0, 0.05) is 52.3 Å². The highest BCUT2D eigenvalue weighted by Crippen LogP contribution is 2.45. The average molecular weight is 745 g/mol. The molecule has 1 aliphatic carbocycles. The number of carbonyl (C=O) groups is 3. The predicted octanol–water partition coefficient (Wildman–Crippen LogP) is 9.26. The van der Waals surface area contributed by atoms with Crippen LogP contribution in [-0.2, 0) is 33.7 Å². The van der Waals surface area contributed by atoms with Gasteiger partial charge in [0.2, 0.25) is 0 Å².